The van der Waals surface area contributed by atoms with Crippen LogP contribution in [0.3, 0.4) is 0 Å². The van der Waals surface area contributed by atoms with Crippen molar-refractivity contribution in [3.63, 3.8) is 0 Å². The van der Waals surface area contributed by atoms with Gasteiger partial charge in [0.25, 0.3) is 0 Å². The van der Waals surface area contributed by atoms with Crippen LogP contribution in [0.5, 0.6) is 5.75 Å². The summed E-state index contributed by atoms with van der Waals surface area (Å²) in [5.74, 6) is 0.623. The van der Waals surface area contributed by atoms with Crippen LogP contribution in [-0.2, 0) is 12.5 Å². The third-order valence-electron chi connectivity index (χ3n) is 2.61. The maximum atomic E-state index is 13.0. The van der Waals surface area contributed by atoms with Crippen LogP contribution in [0.15, 0.2) is 40.9 Å². The first-order valence-electron chi connectivity index (χ1n) is 5.52. The number of hydrogen-bond donors (Lipinski definition) is 0. The van der Waals surface area contributed by atoms with E-state index >= 15 is 0 Å². The maximum Gasteiger partial charge on any atom is 0.125 e. The predicted octanol–water partition coefficient (Wildman–Crippen LogP) is 5.56. The first-order valence-corrected chi connectivity index (χ1v) is 7.22. The quantitative estimate of drug-likeness (QED) is 0.646. The highest BCUT2D eigenvalue weighted by Gasteiger charge is 2.08. The van der Waals surface area contributed by atoms with Gasteiger partial charge in [0, 0.05) is 20.6 Å². The number of benzene rings is 2. The maximum absolute atomic E-state index is 13.0. The van der Waals surface area contributed by atoms with Gasteiger partial charge in [-0.2, -0.15) is 0 Å². The fourth-order valence-electron chi connectivity index (χ4n) is 1.60. The van der Waals surface area contributed by atoms with E-state index in [1.54, 1.807) is 24.3 Å². The number of ether oxygens (including phenoxy) is 1. The van der Waals surface area contributed by atoms with E-state index in [4.69, 9.17) is 27.9 Å². The Labute approximate surface area is 129 Å². The van der Waals surface area contributed by atoms with E-state index in [2.05, 4.69) is 15.9 Å². The summed E-state index contributed by atoms with van der Waals surface area (Å²) in [5.41, 5.74) is 1.60. The summed E-state index contributed by atoms with van der Waals surface area (Å²) in [4.78, 5) is 0. The van der Waals surface area contributed by atoms with Gasteiger partial charge in [0.05, 0.1) is 5.88 Å². The van der Waals surface area contributed by atoms with Crippen molar-refractivity contribution in [3.05, 3.63) is 62.8 Å². The summed E-state index contributed by atoms with van der Waals surface area (Å²) < 4.78 is 19.3. The molecular weight excluding hydrogens is 354 g/mol. The van der Waals surface area contributed by atoms with Gasteiger partial charge in [0.15, 0.2) is 0 Å². The molecule has 0 aliphatic heterocycles. The summed E-state index contributed by atoms with van der Waals surface area (Å²) in [6, 6.07) is 9.84. The molecule has 2 aromatic carbocycles. The molecule has 0 aromatic heterocycles. The van der Waals surface area contributed by atoms with Crippen molar-refractivity contribution in [2.24, 2.45) is 0 Å². The van der Waals surface area contributed by atoms with E-state index < -0.39 is 0 Å². The molecule has 0 atom stereocenters. The molecular formula is C14H10BrCl2FO. The second kappa shape index (κ2) is 6.60. The number of rotatable bonds is 4. The molecule has 19 heavy (non-hydrogen) atoms. The van der Waals surface area contributed by atoms with Crippen LogP contribution >= 0.6 is 39.1 Å². The average Bonchev–Trinajstić information content (AvgIpc) is 2.38. The molecule has 0 fully saturated rings. The van der Waals surface area contributed by atoms with Gasteiger partial charge >= 0.3 is 0 Å². The van der Waals surface area contributed by atoms with Crippen molar-refractivity contribution in [1.29, 1.82) is 0 Å². The molecule has 0 saturated heterocycles. The molecule has 0 spiro atoms. The molecule has 0 N–H and O–H groups in total. The Morgan fingerprint density at radius 2 is 2.00 bits per heavy atom. The highest BCUT2D eigenvalue weighted by molar-refractivity contribution is 9.10. The summed E-state index contributed by atoms with van der Waals surface area (Å²) in [5, 5.41) is 0.575. The lowest BCUT2D eigenvalue weighted by Crippen LogP contribution is -1.99. The minimum Gasteiger partial charge on any atom is -0.488 e. The lowest BCUT2D eigenvalue weighted by molar-refractivity contribution is 0.303. The molecule has 5 heteroatoms. The molecule has 0 bridgehead atoms. The fourth-order valence-corrected chi connectivity index (χ4v) is 2.64. The largest absolute Gasteiger partial charge is 0.488 e. The summed E-state index contributed by atoms with van der Waals surface area (Å²) in [7, 11) is 0. The molecule has 0 amide bonds. The molecule has 1 nitrogen and oxygen atoms in total. The first kappa shape index (κ1) is 14.6. The molecule has 0 heterocycles. The second-order valence-electron chi connectivity index (χ2n) is 3.87. The highest BCUT2D eigenvalue weighted by atomic mass is 79.9. The van der Waals surface area contributed by atoms with E-state index in [1.165, 1.54) is 12.1 Å². The Kier molecular flexibility index (Phi) is 5.08. The van der Waals surface area contributed by atoms with Crippen LogP contribution in [0, 0.1) is 5.82 Å². The van der Waals surface area contributed by atoms with Crippen molar-refractivity contribution in [2.45, 2.75) is 12.5 Å². The Hall–Kier alpha value is -0.770. The van der Waals surface area contributed by atoms with Crippen molar-refractivity contribution >= 4 is 39.1 Å². The van der Waals surface area contributed by atoms with Gasteiger partial charge in [-0.3, -0.25) is 0 Å². The Balaban J connectivity index is 2.17. The third-order valence-corrected chi connectivity index (χ3v) is 3.97. The van der Waals surface area contributed by atoms with Crippen molar-refractivity contribution in [1.82, 2.24) is 0 Å². The van der Waals surface area contributed by atoms with E-state index in [-0.39, 0.29) is 11.7 Å². The number of alkyl halides is 1. The summed E-state index contributed by atoms with van der Waals surface area (Å²) in [6.07, 6.45) is 0. The monoisotopic (exact) mass is 362 g/mol. The van der Waals surface area contributed by atoms with Crippen LogP contribution in [0.1, 0.15) is 11.1 Å². The van der Waals surface area contributed by atoms with Gasteiger partial charge in [0.2, 0.25) is 0 Å². The molecule has 0 aliphatic carbocycles. The van der Waals surface area contributed by atoms with Crippen LogP contribution in [-0.4, -0.2) is 0 Å². The molecule has 0 saturated carbocycles. The standard InChI is InChI=1S/C14H10BrCl2FO/c15-12-6-10(18)5-4-9(12)8-19-14-3-1-2-13(17)11(14)7-16/h1-6H,7-8H2. The Bertz CT molecular complexity index is 590. The van der Waals surface area contributed by atoms with Crippen LogP contribution in [0.25, 0.3) is 0 Å². The smallest absolute Gasteiger partial charge is 0.125 e. The van der Waals surface area contributed by atoms with E-state index in [0.29, 0.717) is 21.9 Å². The zero-order valence-electron chi connectivity index (χ0n) is 9.80. The van der Waals surface area contributed by atoms with Gasteiger partial charge in [0.1, 0.15) is 18.2 Å². The summed E-state index contributed by atoms with van der Waals surface area (Å²) in [6.45, 7) is 0.311. The van der Waals surface area contributed by atoms with E-state index in [0.717, 1.165) is 11.1 Å². The predicted molar refractivity (Wildman–Crippen MR) is 79.4 cm³/mol. The normalized spacial score (nSPS) is 10.5. The van der Waals surface area contributed by atoms with Gasteiger partial charge < -0.3 is 4.74 Å². The van der Waals surface area contributed by atoms with Gasteiger partial charge in [-0.1, -0.05) is 39.7 Å². The van der Waals surface area contributed by atoms with Crippen molar-refractivity contribution in [3.8, 4) is 5.75 Å². The minimum absolute atomic E-state index is 0.277. The summed E-state index contributed by atoms with van der Waals surface area (Å²) >= 11 is 15.2. The minimum atomic E-state index is -0.292. The van der Waals surface area contributed by atoms with Gasteiger partial charge in [-0.25, -0.2) is 4.39 Å². The second-order valence-corrected chi connectivity index (χ2v) is 5.40. The lowest BCUT2D eigenvalue weighted by Gasteiger charge is -2.12. The van der Waals surface area contributed by atoms with Crippen molar-refractivity contribution < 1.29 is 9.13 Å². The molecule has 2 rings (SSSR count). The zero-order valence-corrected chi connectivity index (χ0v) is 12.9. The van der Waals surface area contributed by atoms with Gasteiger partial charge in [-0.05, 0) is 24.3 Å². The zero-order chi connectivity index (χ0) is 13.8. The number of hydrogen-bond acceptors (Lipinski definition) is 1. The SMILES string of the molecule is Fc1ccc(COc2cccc(Cl)c2CCl)c(Br)c1. The van der Waals surface area contributed by atoms with Crippen molar-refractivity contribution in [2.75, 3.05) is 0 Å². The Morgan fingerprint density at radius 1 is 1.21 bits per heavy atom. The van der Waals surface area contributed by atoms with Crippen LogP contribution in [0.4, 0.5) is 4.39 Å². The molecule has 100 valence electrons. The Morgan fingerprint density at radius 3 is 2.68 bits per heavy atom. The molecule has 0 aliphatic rings. The molecule has 0 unspecified atom stereocenters. The lowest BCUT2D eigenvalue weighted by atomic mass is 10.2. The van der Waals surface area contributed by atoms with E-state index in [1.807, 2.05) is 0 Å². The van der Waals surface area contributed by atoms with Crippen LogP contribution < -0.4 is 4.74 Å². The first-order chi connectivity index (χ1) is 9.11. The van der Waals surface area contributed by atoms with Crippen LogP contribution in [0.2, 0.25) is 5.02 Å². The number of halogens is 4. The third kappa shape index (κ3) is 3.62. The molecule has 2 aromatic rings. The topological polar surface area (TPSA) is 9.23 Å². The average molecular weight is 364 g/mol. The van der Waals surface area contributed by atoms with E-state index in [9.17, 15) is 4.39 Å². The fraction of sp³-hybridized carbons (Fsp3) is 0.143. The van der Waals surface area contributed by atoms with Gasteiger partial charge in [-0.15, -0.1) is 11.6 Å². The molecule has 0 radical (unpaired) electrons. The highest BCUT2D eigenvalue weighted by Crippen LogP contribution is 2.29.